The minimum Gasteiger partial charge on any atom is -0.250 e. The Hall–Kier alpha value is 0.210. The van der Waals surface area contributed by atoms with E-state index >= 15 is 0 Å². The van der Waals surface area contributed by atoms with E-state index in [1.807, 2.05) is 45.3 Å². The minimum absolute atomic E-state index is 0.899. The van der Waals surface area contributed by atoms with Gasteiger partial charge in [0, 0.05) is 22.3 Å². The summed E-state index contributed by atoms with van der Waals surface area (Å²) in [5, 5.41) is 1.09. The number of nitrogens with zero attached hydrogens (tertiary/aromatic N) is 2. The van der Waals surface area contributed by atoms with Gasteiger partial charge >= 0.3 is 0 Å². The van der Waals surface area contributed by atoms with E-state index in [0.29, 0.717) is 0 Å². The fraction of sp³-hybridized carbons (Fsp3) is 0. The molecule has 0 aromatic carbocycles. The Kier molecular flexibility index (Phi) is 3.12. The maximum atomic E-state index is 4.94. The summed E-state index contributed by atoms with van der Waals surface area (Å²) >= 11 is 6.52. The largest absolute Gasteiger partial charge is 0.250 e. The lowest BCUT2D eigenvalue weighted by Gasteiger charge is -1.96. The SMILES string of the molecule is Brc1cn(SOI)c2ncccc12. The van der Waals surface area contributed by atoms with Gasteiger partial charge in [0.05, 0.1) is 0 Å². The van der Waals surface area contributed by atoms with Gasteiger partial charge in [-0.05, 0) is 28.1 Å². The molecule has 0 spiro atoms. The molecule has 0 atom stereocenters. The van der Waals surface area contributed by atoms with Crippen LogP contribution in [0.4, 0.5) is 0 Å². The molecule has 0 saturated carbocycles. The Labute approximate surface area is 102 Å². The van der Waals surface area contributed by atoms with Crippen molar-refractivity contribution in [3.63, 3.8) is 0 Å². The van der Waals surface area contributed by atoms with Crippen LogP contribution >= 0.6 is 51.2 Å². The topological polar surface area (TPSA) is 27.1 Å². The van der Waals surface area contributed by atoms with Gasteiger partial charge in [0.25, 0.3) is 0 Å². The van der Waals surface area contributed by atoms with Gasteiger partial charge < -0.3 is 0 Å². The monoisotopic (exact) mass is 370 g/mol. The minimum atomic E-state index is 0.899. The van der Waals surface area contributed by atoms with E-state index in [9.17, 15) is 0 Å². The second-order valence-corrected chi connectivity index (χ2v) is 4.92. The molecule has 3 nitrogen and oxygen atoms in total. The summed E-state index contributed by atoms with van der Waals surface area (Å²) in [5.41, 5.74) is 0.899. The van der Waals surface area contributed by atoms with E-state index in [2.05, 4.69) is 20.9 Å². The van der Waals surface area contributed by atoms with Crippen LogP contribution < -0.4 is 0 Å². The van der Waals surface area contributed by atoms with Crippen molar-refractivity contribution < 1.29 is 2.51 Å². The van der Waals surface area contributed by atoms with E-state index in [4.69, 9.17) is 2.51 Å². The van der Waals surface area contributed by atoms with Crippen LogP contribution in [0.5, 0.6) is 0 Å². The molecule has 6 heteroatoms. The maximum absolute atomic E-state index is 4.94. The summed E-state index contributed by atoms with van der Waals surface area (Å²) in [4.78, 5) is 4.25. The number of pyridine rings is 1. The second-order valence-electron chi connectivity index (χ2n) is 2.31. The summed E-state index contributed by atoms with van der Waals surface area (Å²) in [6, 6.07) is 3.92. The number of rotatable bonds is 2. The van der Waals surface area contributed by atoms with Gasteiger partial charge in [0.15, 0.2) is 5.65 Å². The summed E-state index contributed by atoms with van der Waals surface area (Å²) < 4.78 is 7.83. The van der Waals surface area contributed by atoms with Gasteiger partial charge in [0.1, 0.15) is 35.2 Å². The van der Waals surface area contributed by atoms with E-state index in [0.717, 1.165) is 15.5 Å². The van der Waals surface area contributed by atoms with E-state index in [1.165, 1.54) is 12.2 Å². The smallest absolute Gasteiger partial charge is 0.152 e. The molecule has 2 aromatic heterocycles. The van der Waals surface area contributed by atoms with Crippen LogP contribution in [0.3, 0.4) is 0 Å². The van der Waals surface area contributed by atoms with E-state index < -0.39 is 0 Å². The molecule has 0 unspecified atom stereocenters. The highest BCUT2D eigenvalue weighted by Crippen LogP contribution is 2.28. The Balaban J connectivity index is 2.63. The lowest BCUT2D eigenvalue weighted by Crippen LogP contribution is -1.84. The average Bonchev–Trinajstić information content (AvgIpc) is 2.46. The Bertz CT molecular complexity index is 433. The van der Waals surface area contributed by atoms with Crippen LogP contribution in [0.25, 0.3) is 11.0 Å². The van der Waals surface area contributed by atoms with Crippen molar-refractivity contribution in [3.05, 3.63) is 29.0 Å². The van der Waals surface area contributed by atoms with Gasteiger partial charge in [-0.25, -0.2) is 11.5 Å². The van der Waals surface area contributed by atoms with Gasteiger partial charge in [-0.2, -0.15) is 0 Å². The van der Waals surface area contributed by atoms with Crippen molar-refractivity contribution in [3.8, 4) is 0 Å². The van der Waals surface area contributed by atoms with Crippen molar-refractivity contribution >= 4 is 62.2 Å². The van der Waals surface area contributed by atoms with Crippen molar-refractivity contribution in [2.75, 3.05) is 0 Å². The molecule has 2 heterocycles. The number of aromatic nitrogens is 2. The molecule has 68 valence electrons. The molecule has 0 N–H and O–H groups in total. The van der Waals surface area contributed by atoms with Gasteiger partial charge in [0.2, 0.25) is 0 Å². The first-order valence-electron chi connectivity index (χ1n) is 3.40. The average molecular weight is 371 g/mol. The van der Waals surface area contributed by atoms with Crippen LogP contribution in [-0.4, -0.2) is 8.96 Å². The molecule has 0 fully saturated rings. The molecule has 0 saturated heterocycles. The zero-order chi connectivity index (χ0) is 9.26. The third kappa shape index (κ3) is 1.85. The summed E-state index contributed by atoms with van der Waals surface area (Å²) in [5.74, 6) is 0. The normalized spacial score (nSPS) is 10.9. The lowest BCUT2D eigenvalue weighted by atomic mass is 10.3. The van der Waals surface area contributed by atoms with Crippen molar-refractivity contribution in [1.29, 1.82) is 0 Å². The van der Waals surface area contributed by atoms with Gasteiger partial charge in [-0.3, -0.25) is 0 Å². The molecule has 0 radical (unpaired) electrons. The van der Waals surface area contributed by atoms with E-state index in [-0.39, 0.29) is 0 Å². The highest BCUT2D eigenvalue weighted by Gasteiger charge is 2.06. The van der Waals surface area contributed by atoms with Crippen LogP contribution in [-0.2, 0) is 2.51 Å². The number of hydrogen-bond acceptors (Lipinski definition) is 3. The lowest BCUT2D eigenvalue weighted by molar-refractivity contribution is 0.830. The standard InChI is InChI=1S/C7H4BrIN2OS/c8-6-4-11(13-12-9)7-5(6)2-1-3-10-7/h1-4H. The van der Waals surface area contributed by atoms with Crippen LogP contribution in [0.1, 0.15) is 0 Å². The molecule has 0 aliphatic carbocycles. The van der Waals surface area contributed by atoms with Crippen LogP contribution in [0.2, 0.25) is 0 Å². The summed E-state index contributed by atoms with van der Waals surface area (Å²) in [7, 11) is 0. The Morgan fingerprint density at radius 1 is 1.62 bits per heavy atom. The zero-order valence-corrected chi connectivity index (χ0v) is 10.8. The quantitative estimate of drug-likeness (QED) is 0.597. The first-order chi connectivity index (χ1) is 6.33. The van der Waals surface area contributed by atoms with Gasteiger partial charge in [-0.15, -0.1) is 0 Å². The third-order valence-corrected chi connectivity index (χ3v) is 3.20. The molecule has 2 aromatic rings. The van der Waals surface area contributed by atoms with Crippen molar-refractivity contribution in [2.45, 2.75) is 0 Å². The molecule has 0 bridgehead atoms. The Morgan fingerprint density at radius 2 is 2.46 bits per heavy atom. The predicted octanol–water partition coefficient (Wildman–Crippen LogP) is 3.58. The predicted molar refractivity (Wildman–Crippen MR) is 65.5 cm³/mol. The fourth-order valence-corrected chi connectivity index (χ4v) is 2.67. The molecule has 0 amide bonds. The molecular weight excluding hydrogens is 367 g/mol. The number of fused-ring (bicyclic) bond motifs is 1. The highest BCUT2D eigenvalue weighted by molar-refractivity contribution is 14.1. The summed E-state index contributed by atoms with van der Waals surface area (Å²) in [6.45, 7) is 0. The Morgan fingerprint density at radius 3 is 3.23 bits per heavy atom. The van der Waals surface area contributed by atoms with Crippen LogP contribution in [0.15, 0.2) is 29.0 Å². The molecular formula is C7H4BrIN2OS. The second kappa shape index (κ2) is 4.16. The van der Waals surface area contributed by atoms with Gasteiger partial charge in [-0.1, -0.05) is 0 Å². The molecule has 0 aliphatic heterocycles. The highest BCUT2D eigenvalue weighted by atomic mass is 127. The van der Waals surface area contributed by atoms with Crippen molar-refractivity contribution in [2.24, 2.45) is 0 Å². The first kappa shape index (κ1) is 9.75. The first-order valence-corrected chi connectivity index (χ1v) is 5.77. The van der Waals surface area contributed by atoms with E-state index in [1.54, 1.807) is 6.20 Å². The summed E-state index contributed by atoms with van der Waals surface area (Å²) in [6.07, 6.45) is 3.69. The number of halogens is 2. The maximum Gasteiger partial charge on any atom is 0.152 e. The molecule has 0 aliphatic rings. The molecule has 13 heavy (non-hydrogen) atoms. The zero-order valence-electron chi connectivity index (χ0n) is 6.28. The van der Waals surface area contributed by atoms with Crippen molar-refractivity contribution in [1.82, 2.24) is 8.96 Å². The fourth-order valence-electron chi connectivity index (χ4n) is 1.08. The third-order valence-electron chi connectivity index (χ3n) is 1.59. The van der Waals surface area contributed by atoms with Crippen LogP contribution in [0, 0.1) is 0 Å². The number of hydrogen-bond donors (Lipinski definition) is 0. The molecule has 2 rings (SSSR count).